The van der Waals surface area contributed by atoms with Crippen molar-refractivity contribution in [1.82, 2.24) is 4.90 Å². The molecule has 0 radical (unpaired) electrons. The zero-order valence-corrected chi connectivity index (χ0v) is 11.0. The maximum Gasteiger partial charge on any atom is 0.194 e. The van der Waals surface area contributed by atoms with Crippen molar-refractivity contribution in [2.45, 2.75) is 25.8 Å². The first-order chi connectivity index (χ1) is 9.08. The second-order valence-corrected chi connectivity index (χ2v) is 5.01. The van der Waals surface area contributed by atoms with Crippen molar-refractivity contribution < 1.29 is 13.2 Å². The molecule has 5 heteroatoms. The molecule has 2 rings (SSSR count). The lowest BCUT2D eigenvalue weighted by Crippen LogP contribution is -2.41. The summed E-state index contributed by atoms with van der Waals surface area (Å²) in [6.45, 7) is 4.12. The number of rotatable bonds is 3. The van der Waals surface area contributed by atoms with E-state index >= 15 is 0 Å². The Kier molecular flexibility index (Phi) is 4.47. The lowest BCUT2D eigenvalue weighted by molar-refractivity contribution is 0.101. The molecule has 0 aromatic heterocycles. The zero-order chi connectivity index (χ0) is 14.0. The van der Waals surface area contributed by atoms with Crippen molar-refractivity contribution in [3.63, 3.8) is 0 Å². The average Bonchev–Trinajstić information content (AvgIpc) is 2.43. The Balaban J connectivity index is 2.40. The van der Waals surface area contributed by atoms with Crippen molar-refractivity contribution in [3.8, 4) is 0 Å². The lowest BCUT2D eigenvalue weighted by atomic mass is 9.84. The molecule has 1 aromatic rings. The lowest BCUT2D eigenvalue weighted by Gasteiger charge is -2.41. The molecule has 0 aliphatic carbocycles. The molecule has 1 aliphatic rings. The third-order valence-corrected chi connectivity index (χ3v) is 3.92. The number of likely N-dealkylation sites (tertiary alicyclic amines) is 1. The molecule has 0 spiro atoms. The SMILES string of the molecule is CCN1CCCC(CN)C1c1cc(F)c(F)c(F)c1. The maximum absolute atomic E-state index is 13.4. The molecule has 2 nitrogen and oxygen atoms in total. The predicted octanol–water partition coefficient (Wildman–Crippen LogP) is 2.84. The van der Waals surface area contributed by atoms with Crippen molar-refractivity contribution in [1.29, 1.82) is 0 Å². The van der Waals surface area contributed by atoms with Crippen LogP contribution < -0.4 is 5.73 Å². The molecule has 0 amide bonds. The Bertz CT molecular complexity index is 415. The Morgan fingerprint density at radius 2 is 1.89 bits per heavy atom. The number of halogens is 3. The highest BCUT2D eigenvalue weighted by Gasteiger charge is 2.32. The van der Waals surface area contributed by atoms with E-state index in [-0.39, 0.29) is 12.0 Å². The van der Waals surface area contributed by atoms with E-state index in [0.29, 0.717) is 12.1 Å². The number of nitrogens with zero attached hydrogens (tertiary/aromatic N) is 1. The van der Waals surface area contributed by atoms with Crippen LogP contribution in [0.3, 0.4) is 0 Å². The van der Waals surface area contributed by atoms with Crippen molar-refractivity contribution in [2.24, 2.45) is 11.7 Å². The normalized spacial score (nSPS) is 24.7. The topological polar surface area (TPSA) is 29.3 Å². The van der Waals surface area contributed by atoms with Gasteiger partial charge in [-0.25, -0.2) is 13.2 Å². The molecule has 19 heavy (non-hydrogen) atoms. The van der Waals surface area contributed by atoms with Crippen LogP contribution in [-0.4, -0.2) is 24.5 Å². The van der Waals surface area contributed by atoms with Crippen LogP contribution in [0.25, 0.3) is 0 Å². The van der Waals surface area contributed by atoms with Gasteiger partial charge in [-0.3, -0.25) is 4.90 Å². The molecule has 2 N–H and O–H groups in total. The molecule has 1 fully saturated rings. The summed E-state index contributed by atoms with van der Waals surface area (Å²) in [5, 5.41) is 0. The summed E-state index contributed by atoms with van der Waals surface area (Å²) in [6.07, 6.45) is 1.96. The summed E-state index contributed by atoms with van der Waals surface area (Å²) in [5.41, 5.74) is 6.25. The number of benzene rings is 1. The van der Waals surface area contributed by atoms with Crippen molar-refractivity contribution >= 4 is 0 Å². The highest BCUT2D eigenvalue weighted by molar-refractivity contribution is 5.24. The van der Waals surface area contributed by atoms with Gasteiger partial charge in [0.25, 0.3) is 0 Å². The fourth-order valence-corrected chi connectivity index (χ4v) is 2.98. The van der Waals surface area contributed by atoms with E-state index in [2.05, 4.69) is 4.90 Å². The van der Waals surface area contributed by atoms with Gasteiger partial charge in [0.1, 0.15) is 0 Å². The van der Waals surface area contributed by atoms with E-state index in [4.69, 9.17) is 5.73 Å². The summed E-state index contributed by atoms with van der Waals surface area (Å²) in [4.78, 5) is 2.15. The first kappa shape index (κ1) is 14.3. The van der Waals surface area contributed by atoms with Crippen molar-refractivity contribution in [3.05, 3.63) is 35.1 Å². The minimum absolute atomic E-state index is 0.131. The van der Waals surface area contributed by atoms with E-state index < -0.39 is 17.5 Å². The summed E-state index contributed by atoms with van der Waals surface area (Å²) in [5.74, 6) is -3.52. The summed E-state index contributed by atoms with van der Waals surface area (Å²) >= 11 is 0. The number of hydrogen-bond donors (Lipinski definition) is 1. The predicted molar refractivity (Wildman–Crippen MR) is 68.1 cm³/mol. The van der Waals surface area contributed by atoms with E-state index in [1.165, 1.54) is 0 Å². The van der Waals surface area contributed by atoms with Gasteiger partial charge in [-0.05, 0) is 56.1 Å². The largest absolute Gasteiger partial charge is 0.330 e. The molecule has 1 aromatic carbocycles. The quantitative estimate of drug-likeness (QED) is 0.857. The molecule has 2 unspecified atom stereocenters. The first-order valence-electron chi connectivity index (χ1n) is 6.67. The van der Waals surface area contributed by atoms with E-state index in [9.17, 15) is 13.2 Å². The summed E-state index contributed by atoms with van der Waals surface area (Å²) in [6, 6.07) is 2.06. The van der Waals surface area contributed by atoms with Crippen LogP contribution in [0.1, 0.15) is 31.4 Å². The van der Waals surface area contributed by atoms with Gasteiger partial charge in [0, 0.05) is 6.04 Å². The van der Waals surface area contributed by atoms with Crippen LogP contribution in [0.15, 0.2) is 12.1 Å². The van der Waals surface area contributed by atoms with Crippen LogP contribution in [-0.2, 0) is 0 Å². The van der Waals surface area contributed by atoms with Crippen LogP contribution in [0.5, 0.6) is 0 Å². The van der Waals surface area contributed by atoms with Gasteiger partial charge in [0.05, 0.1) is 0 Å². The molecular weight excluding hydrogens is 253 g/mol. The summed E-state index contributed by atoms with van der Waals surface area (Å²) < 4.78 is 39.8. The minimum Gasteiger partial charge on any atom is -0.330 e. The van der Waals surface area contributed by atoms with E-state index in [1.54, 1.807) is 0 Å². The van der Waals surface area contributed by atoms with Crippen LogP contribution >= 0.6 is 0 Å². The second-order valence-electron chi connectivity index (χ2n) is 5.01. The van der Waals surface area contributed by atoms with E-state index in [1.807, 2.05) is 6.92 Å². The maximum atomic E-state index is 13.4. The van der Waals surface area contributed by atoms with E-state index in [0.717, 1.165) is 38.1 Å². The second kappa shape index (κ2) is 5.92. The van der Waals surface area contributed by atoms with Crippen LogP contribution in [0, 0.1) is 23.4 Å². The Hall–Kier alpha value is -1.07. The fourth-order valence-electron chi connectivity index (χ4n) is 2.98. The molecule has 0 saturated carbocycles. The molecule has 106 valence electrons. The monoisotopic (exact) mass is 272 g/mol. The van der Waals surface area contributed by atoms with Gasteiger partial charge in [-0.1, -0.05) is 6.92 Å². The molecule has 2 atom stereocenters. The third kappa shape index (κ3) is 2.77. The van der Waals surface area contributed by atoms with Crippen LogP contribution in [0.2, 0.25) is 0 Å². The molecule has 1 heterocycles. The van der Waals surface area contributed by atoms with Gasteiger partial charge in [0.15, 0.2) is 17.5 Å². The van der Waals surface area contributed by atoms with Gasteiger partial charge in [-0.15, -0.1) is 0 Å². The standard InChI is InChI=1S/C14H19F3N2/c1-2-19-5-3-4-9(8-18)14(19)10-6-11(15)13(17)12(16)7-10/h6-7,9,14H,2-5,8,18H2,1H3. The highest BCUT2D eigenvalue weighted by Crippen LogP contribution is 2.36. The molecule has 1 aliphatic heterocycles. The number of nitrogens with two attached hydrogens (primary N) is 1. The smallest absolute Gasteiger partial charge is 0.194 e. The van der Waals surface area contributed by atoms with Gasteiger partial charge >= 0.3 is 0 Å². The Labute approximate surface area is 111 Å². The summed E-state index contributed by atoms with van der Waals surface area (Å²) in [7, 11) is 0. The number of piperidine rings is 1. The van der Waals surface area contributed by atoms with Crippen molar-refractivity contribution in [2.75, 3.05) is 19.6 Å². The average molecular weight is 272 g/mol. The minimum atomic E-state index is -1.41. The highest BCUT2D eigenvalue weighted by atomic mass is 19.2. The Morgan fingerprint density at radius 1 is 1.26 bits per heavy atom. The number of hydrogen-bond acceptors (Lipinski definition) is 2. The Morgan fingerprint density at radius 3 is 2.42 bits per heavy atom. The van der Waals surface area contributed by atoms with Gasteiger partial charge in [-0.2, -0.15) is 0 Å². The fraction of sp³-hybridized carbons (Fsp3) is 0.571. The molecule has 0 bridgehead atoms. The van der Waals surface area contributed by atoms with Crippen LogP contribution in [0.4, 0.5) is 13.2 Å². The molecule has 1 saturated heterocycles. The zero-order valence-electron chi connectivity index (χ0n) is 11.0. The van der Waals surface area contributed by atoms with Gasteiger partial charge < -0.3 is 5.73 Å². The first-order valence-corrected chi connectivity index (χ1v) is 6.67. The van der Waals surface area contributed by atoms with Gasteiger partial charge in [0.2, 0.25) is 0 Å². The third-order valence-electron chi connectivity index (χ3n) is 3.92. The molecular formula is C14H19F3N2.